The Labute approximate surface area is 160 Å². The number of carbonyl (C=O) groups is 2. The number of halogens is 1. The average molecular weight is 383 g/mol. The van der Waals surface area contributed by atoms with Crippen LogP contribution in [0, 0.1) is 0 Å². The number of nitrogens with zero attached hydrogens (tertiary/aromatic N) is 2. The number of piperazine rings is 1. The fourth-order valence-electron chi connectivity index (χ4n) is 3.43. The minimum absolute atomic E-state index is 0. The van der Waals surface area contributed by atoms with E-state index < -0.39 is 0 Å². The maximum Gasteiger partial charge on any atom is 0.251 e. The van der Waals surface area contributed by atoms with Crippen LogP contribution in [0.2, 0.25) is 0 Å². The van der Waals surface area contributed by atoms with Crippen LogP contribution in [-0.4, -0.2) is 80.6 Å². The Bertz CT molecular complexity index is 605. The lowest BCUT2D eigenvalue weighted by molar-refractivity contribution is -0.129. The minimum atomic E-state index is -0.242. The van der Waals surface area contributed by atoms with Gasteiger partial charge < -0.3 is 20.3 Å². The Kier molecular flexibility index (Phi) is 7.68. The van der Waals surface area contributed by atoms with Gasteiger partial charge >= 0.3 is 0 Å². The van der Waals surface area contributed by atoms with Crippen molar-refractivity contribution in [2.45, 2.75) is 12.5 Å². The van der Waals surface area contributed by atoms with Gasteiger partial charge in [0.05, 0.1) is 13.7 Å². The Morgan fingerprint density at radius 1 is 1.19 bits per heavy atom. The predicted molar refractivity (Wildman–Crippen MR) is 102 cm³/mol. The van der Waals surface area contributed by atoms with Gasteiger partial charge in [-0.15, -0.1) is 12.4 Å². The number of likely N-dealkylation sites (tertiary alicyclic amines) is 1. The van der Waals surface area contributed by atoms with Gasteiger partial charge in [-0.25, -0.2) is 0 Å². The zero-order valence-corrected chi connectivity index (χ0v) is 15.9. The van der Waals surface area contributed by atoms with Gasteiger partial charge in [-0.3, -0.25) is 14.5 Å². The maximum absolute atomic E-state index is 12.4. The van der Waals surface area contributed by atoms with Crippen molar-refractivity contribution in [2.75, 3.05) is 52.9 Å². The molecular weight excluding hydrogens is 356 g/mol. The molecule has 2 heterocycles. The number of ether oxygens (including phenoxy) is 1. The Hall–Kier alpha value is -1.83. The minimum Gasteiger partial charge on any atom is -0.497 e. The normalized spacial score (nSPS) is 20.3. The maximum atomic E-state index is 12.4. The van der Waals surface area contributed by atoms with E-state index in [9.17, 15) is 9.59 Å². The zero-order chi connectivity index (χ0) is 17.6. The van der Waals surface area contributed by atoms with Crippen molar-refractivity contribution in [3.8, 4) is 5.75 Å². The SMILES string of the molecule is COc1ccc(C(=O)NCC(=O)N2CCC(N3CCNCC3)C2)cc1.Cl. The van der Waals surface area contributed by atoms with Crippen LogP contribution in [0.1, 0.15) is 16.8 Å². The molecule has 1 unspecified atom stereocenters. The molecule has 7 nitrogen and oxygen atoms in total. The largest absolute Gasteiger partial charge is 0.497 e. The van der Waals surface area contributed by atoms with Crippen LogP contribution in [0.15, 0.2) is 24.3 Å². The molecule has 1 aromatic rings. The number of methoxy groups -OCH3 is 1. The van der Waals surface area contributed by atoms with Crippen molar-refractivity contribution in [1.82, 2.24) is 20.4 Å². The molecule has 2 amide bonds. The second-order valence-corrected chi connectivity index (χ2v) is 6.48. The average Bonchev–Trinajstić information content (AvgIpc) is 3.17. The summed E-state index contributed by atoms with van der Waals surface area (Å²) >= 11 is 0. The van der Waals surface area contributed by atoms with Gasteiger partial charge in [0, 0.05) is 50.9 Å². The first kappa shape index (κ1) is 20.5. The Morgan fingerprint density at radius 2 is 1.88 bits per heavy atom. The number of rotatable bonds is 5. The Morgan fingerprint density at radius 3 is 2.54 bits per heavy atom. The molecule has 0 aliphatic carbocycles. The number of benzene rings is 1. The molecule has 0 radical (unpaired) electrons. The van der Waals surface area contributed by atoms with Crippen LogP contribution in [-0.2, 0) is 4.79 Å². The molecule has 144 valence electrons. The summed E-state index contributed by atoms with van der Waals surface area (Å²) in [6.45, 7) is 5.69. The van der Waals surface area contributed by atoms with Crippen LogP contribution in [0.3, 0.4) is 0 Å². The molecule has 2 saturated heterocycles. The van der Waals surface area contributed by atoms with Crippen molar-refractivity contribution in [2.24, 2.45) is 0 Å². The molecule has 0 aromatic heterocycles. The first-order valence-electron chi connectivity index (χ1n) is 8.82. The molecule has 3 rings (SSSR count). The number of carbonyl (C=O) groups excluding carboxylic acids is 2. The fourth-order valence-corrected chi connectivity index (χ4v) is 3.43. The highest BCUT2D eigenvalue weighted by molar-refractivity contribution is 5.96. The first-order chi connectivity index (χ1) is 12.2. The van der Waals surface area contributed by atoms with Crippen LogP contribution in [0.25, 0.3) is 0 Å². The van der Waals surface area contributed by atoms with Crippen molar-refractivity contribution in [1.29, 1.82) is 0 Å². The van der Waals surface area contributed by atoms with Gasteiger partial charge in [-0.2, -0.15) is 0 Å². The second kappa shape index (κ2) is 9.75. The van der Waals surface area contributed by atoms with Crippen LogP contribution in [0.5, 0.6) is 5.75 Å². The van der Waals surface area contributed by atoms with E-state index in [2.05, 4.69) is 15.5 Å². The summed E-state index contributed by atoms with van der Waals surface area (Å²) in [4.78, 5) is 28.8. The fraction of sp³-hybridized carbons (Fsp3) is 0.556. The first-order valence-corrected chi connectivity index (χ1v) is 8.82. The van der Waals surface area contributed by atoms with Gasteiger partial charge in [0.25, 0.3) is 5.91 Å². The third kappa shape index (κ3) is 5.09. The van der Waals surface area contributed by atoms with E-state index in [1.165, 1.54) is 0 Å². The highest BCUT2D eigenvalue weighted by Gasteiger charge is 2.30. The summed E-state index contributed by atoms with van der Waals surface area (Å²) in [6, 6.07) is 7.29. The van der Waals surface area contributed by atoms with E-state index in [4.69, 9.17) is 4.74 Å². The van der Waals surface area contributed by atoms with Gasteiger partial charge in [-0.1, -0.05) is 0 Å². The molecule has 0 bridgehead atoms. The summed E-state index contributed by atoms with van der Waals surface area (Å²) in [5, 5.41) is 6.06. The topological polar surface area (TPSA) is 73.9 Å². The van der Waals surface area contributed by atoms with Gasteiger partial charge in [-0.05, 0) is 30.7 Å². The standard InChI is InChI=1S/C18H26N4O3.ClH/c1-25-16-4-2-14(3-5-16)18(24)20-12-17(23)22-9-6-15(13-22)21-10-7-19-8-11-21;/h2-5,15,19H,6-13H2,1H3,(H,20,24);1H. The second-order valence-electron chi connectivity index (χ2n) is 6.48. The molecule has 0 spiro atoms. The quantitative estimate of drug-likeness (QED) is 0.769. The Balaban J connectivity index is 0.00000243. The van der Waals surface area contributed by atoms with E-state index in [1.807, 2.05) is 4.90 Å². The molecule has 2 fully saturated rings. The third-order valence-electron chi connectivity index (χ3n) is 4.94. The third-order valence-corrected chi connectivity index (χ3v) is 4.94. The predicted octanol–water partition coefficient (Wildman–Crippen LogP) is 0.353. The zero-order valence-electron chi connectivity index (χ0n) is 15.1. The van der Waals surface area contributed by atoms with Crippen molar-refractivity contribution in [3.05, 3.63) is 29.8 Å². The van der Waals surface area contributed by atoms with E-state index in [-0.39, 0.29) is 30.8 Å². The molecule has 2 aliphatic heterocycles. The summed E-state index contributed by atoms with van der Waals surface area (Å²) < 4.78 is 5.07. The highest BCUT2D eigenvalue weighted by atomic mass is 35.5. The number of hydrogen-bond donors (Lipinski definition) is 2. The van der Waals surface area contributed by atoms with E-state index in [1.54, 1.807) is 31.4 Å². The van der Waals surface area contributed by atoms with Crippen molar-refractivity contribution in [3.63, 3.8) is 0 Å². The smallest absolute Gasteiger partial charge is 0.251 e. The molecule has 2 aliphatic rings. The highest BCUT2D eigenvalue weighted by Crippen LogP contribution is 2.16. The van der Waals surface area contributed by atoms with Crippen molar-refractivity contribution >= 4 is 24.2 Å². The van der Waals surface area contributed by atoms with Gasteiger partial charge in [0.15, 0.2) is 0 Å². The lowest BCUT2D eigenvalue weighted by Gasteiger charge is -2.32. The molecule has 1 atom stereocenters. The summed E-state index contributed by atoms with van der Waals surface area (Å²) in [7, 11) is 1.58. The summed E-state index contributed by atoms with van der Waals surface area (Å²) in [5.41, 5.74) is 0.522. The number of nitrogens with one attached hydrogen (secondary N) is 2. The van der Waals surface area contributed by atoms with Crippen LogP contribution >= 0.6 is 12.4 Å². The van der Waals surface area contributed by atoms with Crippen LogP contribution < -0.4 is 15.4 Å². The summed E-state index contributed by atoms with van der Waals surface area (Å²) in [6.07, 6.45) is 1.01. The lowest BCUT2D eigenvalue weighted by Crippen LogP contribution is -2.49. The lowest BCUT2D eigenvalue weighted by atomic mass is 10.2. The van der Waals surface area contributed by atoms with E-state index in [0.717, 1.165) is 45.7 Å². The molecule has 2 N–H and O–H groups in total. The van der Waals surface area contributed by atoms with Gasteiger partial charge in [0.2, 0.25) is 5.91 Å². The van der Waals surface area contributed by atoms with Crippen LogP contribution in [0.4, 0.5) is 0 Å². The molecular formula is C18H27ClN4O3. The molecule has 1 aromatic carbocycles. The summed E-state index contributed by atoms with van der Waals surface area (Å²) in [5.74, 6) is 0.442. The van der Waals surface area contributed by atoms with Gasteiger partial charge in [0.1, 0.15) is 5.75 Å². The molecule has 0 saturated carbocycles. The monoisotopic (exact) mass is 382 g/mol. The number of amides is 2. The number of hydrogen-bond acceptors (Lipinski definition) is 5. The van der Waals surface area contributed by atoms with E-state index >= 15 is 0 Å². The molecule has 26 heavy (non-hydrogen) atoms. The molecule has 8 heteroatoms. The van der Waals surface area contributed by atoms with Crippen molar-refractivity contribution < 1.29 is 14.3 Å². The van der Waals surface area contributed by atoms with E-state index in [0.29, 0.717) is 17.4 Å².